The standard InChI is InChI=1S/C26H28N6O2S/c1-18(8-10-27-19(2)32-11-5-12-32)20-6-4-7-21(14-20)23-17-35-26(29-23)30-24(33)15-28-25(34)22-9-13-31(3)16-22/h4,6-10,13-14,16-17H,2,5,11-12,15H2,1,3H3,(H,28,34)(H,29,30,33)/b18-8+,27-10-. The predicted octanol–water partition coefficient (Wildman–Crippen LogP) is 4.17. The number of likely N-dealkylation sites (tertiary alicyclic amines) is 1. The van der Waals surface area contributed by atoms with Crippen molar-refractivity contribution in [2.45, 2.75) is 13.3 Å². The number of allylic oxidation sites excluding steroid dienone is 2. The minimum atomic E-state index is -0.332. The number of carbonyl (C=O) groups excluding carboxylic acids is 2. The van der Waals surface area contributed by atoms with Crippen molar-refractivity contribution in [3.05, 3.63) is 77.7 Å². The van der Waals surface area contributed by atoms with Gasteiger partial charge in [-0.05, 0) is 42.7 Å². The highest BCUT2D eigenvalue weighted by Crippen LogP contribution is 2.27. The molecule has 0 unspecified atom stereocenters. The van der Waals surface area contributed by atoms with Gasteiger partial charge in [-0.1, -0.05) is 24.8 Å². The van der Waals surface area contributed by atoms with Crippen LogP contribution in [-0.4, -0.2) is 52.1 Å². The summed E-state index contributed by atoms with van der Waals surface area (Å²) >= 11 is 1.34. The molecule has 4 rings (SSSR count). The maximum absolute atomic E-state index is 12.3. The molecule has 3 heterocycles. The van der Waals surface area contributed by atoms with Gasteiger partial charge in [0.1, 0.15) is 5.82 Å². The van der Waals surface area contributed by atoms with Gasteiger partial charge >= 0.3 is 0 Å². The summed E-state index contributed by atoms with van der Waals surface area (Å²) in [5.41, 5.74) is 4.36. The molecule has 0 bridgehead atoms. The Bertz CT molecular complexity index is 1300. The monoisotopic (exact) mass is 488 g/mol. The number of amides is 2. The summed E-state index contributed by atoms with van der Waals surface area (Å²) < 4.78 is 1.78. The molecule has 180 valence electrons. The molecule has 0 radical (unpaired) electrons. The number of anilines is 1. The maximum Gasteiger partial charge on any atom is 0.253 e. The van der Waals surface area contributed by atoms with Gasteiger partial charge in [-0.25, -0.2) is 9.98 Å². The molecule has 2 aromatic heterocycles. The van der Waals surface area contributed by atoms with E-state index in [0.717, 1.165) is 41.3 Å². The van der Waals surface area contributed by atoms with Crippen LogP contribution in [-0.2, 0) is 11.8 Å². The van der Waals surface area contributed by atoms with Gasteiger partial charge in [-0.2, -0.15) is 0 Å². The van der Waals surface area contributed by atoms with Gasteiger partial charge in [0.2, 0.25) is 5.91 Å². The summed E-state index contributed by atoms with van der Waals surface area (Å²) in [6.45, 7) is 7.96. The Morgan fingerprint density at radius 3 is 2.80 bits per heavy atom. The topological polar surface area (TPSA) is 91.6 Å². The second-order valence-electron chi connectivity index (χ2n) is 8.30. The molecule has 1 aromatic carbocycles. The Morgan fingerprint density at radius 2 is 2.09 bits per heavy atom. The van der Waals surface area contributed by atoms with E-state index in [-0.39, 0.29) is 18.4 Å². The number of nitrogens with zero attached hydrogens (tertiary/aromatic N) is 4. The maximum atomic E-state index is 12.3. The highest BCUT2D eigenvalue weighted by Gasteiger charge is 2.14. The molecule has 1 fully saturated rings. The number of carbonyl (C=O) groups is 2. The third-order valence-electron chi connectivity index (χ3n) is 5.64. The summed E-state index contributed by atoms with van der Waals surface area (Å²) in [6, 6.07) is 9.76. The lowest BCUT2D eigenvalue weighted by molar-refractivity contribution is -0.115. The van der Waals surface area contributed by atoms with Gasteiger partial charge in [0.25, 0.3) is 5.91 Å². The number of thiazole rings is 1. The van der Waals surface area contributed by atoms with E-state index in [1.54, 1.807) is 29.2 Å². The van der Waals surface area contributed by atoms with Gasteiger partial charge in [-0.3, -0.25) is 9.59 Å². The second kappa shape index (κ2) is 11.0. The van der Waals surface area contributed by atoms with Gasteiger partial charge in [-0.15, -0.1) is 11.3 Å². The predicted molar refractivity (Wildman–Crippen MR) is 141 cm³/mol. The molecule has 9 heteroatoms. The highest BCUT2D eigenvalue weighted by atomic mass is 32.1. The summed E-state index contributed by atoms with van der Waals surface area (Å²) in [5, 5.41) is 7.74. The minimum absolute atomic E-state index is 0.131. The molecule has 1 aliphatic rings. The van der Waals surface area contributed by atoms with E-state index < -0.39 is 0 Å². The van der Waals surface area contributed by atoms with Crippen LogP contribution in [0.2, 0.25) is 0 Å². The molecule has 1 aliphatic heterocycles. The van der Waals surface area contributed by atoms with Crippen LogP contribution in [0.15, 0.2) is 71.6 Å². The van der Waals surface area contributed by atoms with Gasteiger partial charge in [0.15, 0.2) is 5.13 Å². The number of benzene rings is 1. The Balaban J connectivity index is 1.34. The fraction of sp³-hybridized carbons (Fsp3) is 0.231. The lowest BCUT2D eigenvalue weighted by Crippen LogP contribution is -2.35. The van der Waals surface area contributed by atoms with E-state index in [1.807, 2.05) is 43.6 Å². The fourth-order valence-corrected chi connectivity index (χ4v) is 4.17. The number of hydrogen-bond donors (Lipinski definition) is 2. The molecule has 2 amide bonds. The summed E-state index contributed by atoms with van der Waals surface area (Å²) in [7, 11) is 1.83. The molecule has 0 spiro atoms. The molecule has 1 saturated heterocycles. The zero-order valence-electron chi connectivity index (χ0n) is 19.8. The van der Waals surface area contributed by atoms with Crippen molar-refractivity contribution in [1.82, 2.24) is 19.8 Å². The van der Waals surface area contributed by atoms with E-state index in [0.29, 0.717) is 10.7 Å². The van der Waals surface area contributed by atoms with Crippen LogP contribution in [0.4, 0.5) is 5.13 Å². The van der Waals surface area contributed by atoms with Crippen molar-refractivity contribution in [2.24, 2.45) is 12.0 Å². The number of aliphatic imine (C=N–C) groups is 1. The molecule has 35 heavy (non-hydrogen) atoms. The zero-order chi connectivity index (χ0) is 24.8. The van der Waals surface area contributed by atoms with Gasteiger partial charge in [0, 0.05) is 49.7 Å². The molecule has 8 nitrogen and oxygen atoms in total. The van der Waals surface area contributed by atoms with Crippen LogP contribution in [0.1, 0.15) is 29.3 Å². The molecule has 2 N–H and O–H groups in total. The quantitative estimate of drug-likeness (QED) is 0.442. The number of rotatable bonds is 9. The van der Waals surface area contributed by atoms with Crippen molar-refractivity contribution < 1.29 is 9.59 Å². The first kappa shape index (κ1) is 24.2. The lowest BCUT2D eigenvalue weighted by atomic mass is 10.0. The first-order valence-electron chi connectivity index (χ1n) is 11.3. The summed E-state index contributed by atoms with van der Waals surface area (Å²) in [6.07, 6.45) is 8.43. The Hall–Kier alpha value is -3.98. The Labute approximate surface area is 208 Å². The normalized spacial score (nSPS) is 13.5. The molecular weight excluding hydrogens is 460 g/mol. The second-order valence-corrected chi connectivity index (χ2v) is 9.16. The molecule has 0 atom stereocenters. The number of aromatic nitrogens is 2. The zero-order valence-corrected chi connectivity index (χ0v) is 20.6. The number of nitrogens with one attached hydrogen (secondary N) is 2. The Morgan fingerprint density at radius 1 is 1.26 bits per heavy atom. The molecular formula is C26H28N6O2S. The van der Waals surface area contributed by atoms with Crippen LogP contribution in [0.25, 0.3) is 16.8 Å². The van der Waals surface area contributed by atoms with Crippen LogP contribution in [0.5, 0.6) is 0 Å². The van der Waals surface area contributed by atoms with Crippen molar-refractivity contribution in [3.8, 4) is 11.3 Å². The van der Waals surface area contributed by atoms with E-state index in [9.17, 15) is 9.59 Å². The van der Waals surface area contributed by atoms with Crippen LogP contribution in [0.3, 0.4) is 0 Å². The van der Waals surface area contributed by atoms with Crippen molar-refractivity contribution >= 4 is 40.1 Å². The highest BCUT2D eigenvalue weighted by molar-refractivity contribution is 7.14. The Kier molecular flexibility index (Phi) is 7.57. The fourth-order valence-electron chi connectivity index (χ4n) is 3.44. The summed E-state index contributed by atoms with van der Waals surface area (Å²) in [5.74, 6) is 0.170. The van der Waals surface area contributed by atoms with E-state index in [2.05, 4.69) is 38.2 Å². The van der Waals surface area contributed by atoms with Crippen LogP contribution in [0, 0.1) is 0 Å². The first-order chi connectivity index (χ1) is 16.9. The first-order valence-corrected chi connectivity index (χ1v) is 12.2. The molecule has 0 aliphatic carbocycles. The SMILES string of the molecule is C=C(/N=C\C=C(/C)c1cccc(-c2csc(NC(=O)CNC(=O)c3ccn(C)c3)n2)c1)N1CCC1. The number of aryl methyl sites for hydroxylation is 1. The minimum Gasteiger partial charge on any atom is -0.357 e. The average molecular weight is 489 g/mol. The van der Waals surface area contributed by atoms with Crippen molar-refractivity contribution in [3.63, 3.8) is 0 Å². The van der Waals surface area contributed by atoms with Gasteiger partial charge in [0.05, 0.1) is 17.8 Å². The van der Waals surface area contributed by atoms with Crippen LogP contribution < -0.4 is 10.6 Å². The third-order valence-corrected chi connectivity index (χ3v) is 6.39. The van der Waals surface area contributed by atoms with Crippen molar-refractivity contribution in [1.29, 1.82) is 0 Å². The summed E-state index contributed by atoms with van der Waals surface area (Å²) in [4.78, 5) is 35.5. The lowest BCUT2D eigenvalue weighted by Gasteiger charge is -2.32. The van der Waals surface area contributed by atoms with Crippen LogP contribution >= 0.6 is 11.3 Å². The number of hydrogen-bond acceptors (Lipinski definition) is 6. The van der Waals surface area contributed by atoms with Crippen molar-refractivity contribution in [2.75, 3.05) is 25.0 Å². The smallest absolute Gasteiger partial charge is 0.253 e. The van der Waals surface area contributed by atoms with E-state index in [1.165, 1.54) is 17.8 Å². The molecule has 0 saturated carbocycles. The average Bonchev–Trinajstić information content (AvgIpc) is 3.45. The van der Waals surface area contributed by atoms with E-state index in [4.69, 9.17) is 0 Å². The largest absolute Gasteiger partial charge is 0.357 e. The van der Waals surface area contributed by atoms with Gasteiger partial charge < -0.3 is 20.1 Å². The molecule has 3 aromatic rings. The van der Waals surface area contributed by atoms with E-state index >= 15 is 0 Å². The third kappa shape index (κ3) is 6.33.